The van der Waals surface area contributed by atoms with Crippen LogP contribution in [0.3, 0.4) is 0 Å². The first-order valence-electron chi connectivity index (χ1n) is 15.2. The average Bonchev–Trinajstić information content (AvgIpc) is 3.23. The Morgan fingerprint density at radius 2 is 1.83 bits per heavy atom. The number of carbonyl (C=O) groups is 3. The Hall–Kier alpha value is -3.04. The van der Waals surface area contributed by atoms with Gasteiger partial charge >= 0.3 is 0 Å². The maximum absolute atomic E-state index is 13.7. The molecule has 1 spiro atoms. The number of aliphatic hydroxyl groups is 1. The molecule has 3 heterocycles. The van der Waals surface area contributed by atoms with Crippen molar-refractivity contribution >= 4 is 17.6 Å². The SMILES string of the molecule is CCCCN1C(=O)[C@H](CC(C)C)CC(=O)C12CCN(Cc1c(C)nn(-c3ccc(C(=O)NCCO)cc3)c1C)CC2. The molecule has 2 aliphatic rings. The fourth-order valence-corrected chi connectivity index (χ4v) is 6.51. The molecule has 1 aromatic carbocycles. The van der Waals surface area contributed by atoms with Crippen molar-refractivity contribution in [1.82, 2.24) is 24.9 Å². The van der Waals surface area contributed by atoms with Crippen LogP contribution in [0.2, 0.25) is 0 Å². The highest BCUT2D eigenvalue weighted by Crippen LogP contribution is 2.40. The zero-order valence-corrected chi connectivity index (χ0v) is 25.4. The Bertz CT molecular complexity index is 1230. The van der Waals surface area contributed by atoms with Gasteiger partial charge in [-0.05, 0) is 69.7 Å². The van der Waals surface area contributed by atoms with E-state index in [1.807, 2.05) is 28.6 Å². The van der Waals surface area contributed by atoms with Gasteiger partial charge in [-0.15, -0.1) is 0 Å². The summed E-state index contributed by atoms with van der Waals surface area (Å²) in [5.74, 6) is 0.437. The highest BCUT2D eigenvalue weighted by atomic mass is 16.3. The van der Waals surface area contributed by atoms with E-state index in [-0.39, 0.29) is 36.7 Å². The first kappa shape index (κ1) is 30.9. The molecule has 41 heavy (non-hydrogen) atoms. The minimum Gasteiger partial charge on any atom is -0.395 e. The minimum atomic E-state index is -0.657. The maximum atomic E-state index is 13.7. The summed E-state index contributed by atoms with van der Waals surface area (Å²) < 4.78 is 1.91. The van der Waals surface area contributed by atoms with Gasteiger partial charge in [0, 0.05) is 61.9 Å². The molecule has 9 heteroatoms. The molecule has 2 amide bonds. The number of hydrogen-bond acceptors (Lipinski definition) is 6. The molecule has 0 unspecified atom stereocenters. The van der Waals surface area contributed by atoms with Gasteiger partial charge in [-0.25, -0.2) is 4.68 Å². The molecule has 1 atom stereocenters. The van der Waals surface area contributed by atoms with E-state index in [1.54, 1.807) is 12.1 Å². The van der Waals surface area contributed by atoms with E-state index in [2.05, 4.69) is 37.9 Å². The van der Waals surface area contributed by atoms with E-state index in [0.717, 1.165) is 61.5 Å². The molecule has 0 aliphatic carbocycles. The molecule has 1 aromatic heterocycles. The van der Waals surface area contributed by atoms with Crippen LogP contribution in [0.4, 0.5) is 0 Å². The zero-order valence-electron chi connectivity index (χ0n) is 25.4. The number of amides is 2. The fourth-order valence-electron chi connectivity index (χ4n) is 6.51. The molecular formula is C32H47N5O4. The standard InChI is InChI=1S/C32H47N5O4/c1-6-7-15-36-31(41)26(19-22(2)3)20-29(39)32(36)12-16-35(17-13-32)21-28-23(4)34-37(24(28)5)27-10-8-25(9-11-27)30(40)33-14-18-38/h8-11,22,26,38H,6-7,12-21H2,1-5H3,(H,33,40)/t26-/m1/s1. The molecule has 2 aromatic rings. The third-order valence-electron chi connectivity index (χ3n) is 8.85. The molecule has 4 rings (SSSR count). The minimum absolute atomic E-state index is 0.0966. The highest BCUT2D eigenvalue weighted by molar-refractivity contribution is 6.00. The Balaban J connectivity index is 1.46. The number of nitrogens with zero attached hydrogens (tertiary/aromatic N) is 4. The number of unbranched alkanes of at least 4 members (excludes halogenated alkanes) is 1. The summed E-state index contributed by atoms with van der Waals surface area (Å²) in [6.45, 7) is 13.5. The molecular weight excluding hydrogens is 518 g/mol. The second-order valence-corrected chi connectivity index (χ2v) is 12.2. The molecule has 2 fully saturated rings. The van der Waals surface area contributed by atoms with Gasteiger partial charge in [0.05, 0.1) is 18.0 Å². The van der Waals surface area contributed by atoms with Crippen molar-refractivity contribution in [3.63, 3.8) is 0 Å². The number of piperidine rings is 2. The van der Waals surface area contributed by atoms with Crippen LogP contribution in [0.15, 0.2) is 24.3 Å². The molecule has 2 saturated heterocycles. The fraction of sp³-hybridized carbons (Fsp3) is 0.625. The molecule has 2 aliphatic heterocycles. The van der Waals surface area contributed by atoms with Crippen LogP contribution in [-0.2, 0) is 16.1 Å². The lowest BCUT2D eigenvalue weighted by atomic mass is 9.72. The summed E-state index contributed by atoms with van der Waals surface area (Å²) in [5.41, 5.74) is 3.92. The monoisotopic (exact) mass is 565 g/mol. The third-order valence-corrected chi connectivity index (χ3v) is 8.85. The summed E-state index contributed by atoms with van der Waals surface area (Å²) in [6, 6.07) is 7.29. The number of hydrogen-bond donors (Lipinski definition) is 2. The Labute approximate surface area is 244 Å². The van der Waals surface area contributed by atoms with Gasteiger partial charge in [0.1, 0.15) is 5.54 Å². The number of likely N-dealkylation sites (tertiary alicyclic amines) is 2. The van der Waals surface area contributed by atoms with E-state index in [1.165, 1.54) is 0 Å². The lowest BCUT2D eigenvalue weighted by Crippen LogP contribution is -2.66. The Morgan fingerprint density at radius 1 is 1.15 bits per heavy atom. The van der Waals surface area contributed by atoms with Gasteiger partial charge in [-0.2, -0.15) is 5.10 Å². The number of aromatic nitrogens is 2. The van der Waals surface area contributed by atoms with Crippen LogP contribution in [0, 0.1) is 25.7 Å². The van der Waals surface area contributed by atoms with Crippen molar-refractivity contribution in [1.29, 1.82) is 0 Å². The first-order chi connectivity index (χ1) is 19.6. The third kappa shape index (κ3) is 6.56. The van der Waals surface area contributed by atoms with Gasteiger partial charge in [0.15, 0.2) is 5.78 Å². The summed E-state index contributed by atoms with van der Waals surface area (Å²) in [6.07, 6.45) is 4.44. The number of rotatable bonds is 11. The van der Waals surface area contributed by atoms with E-state index in [0.29, 0.717) is 37.3 Å². The van der Waals surface area contributed by atoms with Crippen molar-refractivity contribution in [3.8, 4) is 5.69 Å². The van der Waals surface area contributed by atoms with E-state index < -0.39 is 5.54 Å². The predicted octanol–water partition coefficient (Wildman–Crippen LogP) is 3.81. The van der Waals surface area contributed by atoms with Gasteiger partial charge in [0.2, 0.25) is 5.91 Å². The van der Waals surface area contributed by atoms with E-state index >= 15 is 0 Å². The molecule has 0 saturated carbocycles. The van der Waals surface area contributed by atoms with Crippen molar-refractivity contribution in [2.75, 3.05) is 32.8 Å². The smallest absolute Gasteiger partial charge is 0.251 e. The number of ketones is 1. The average molecular weight is 566 g/mol. The van der Waals surface area contributed by atoms with Crippen LogP contribution in [0.5, 0.6) is 0 Å². The summed E-state index contributed by atoms with van der Waals surface area (Å²) in [7, 11) is 0. The number of Topliss-reactive ketones (excluding diaryl/α,β-unsaturated/α-hetero) is 1. The normalized spacial score (nSPS) is 19.4. The molecule has 9 nitrogen and oxygen atoms in total. The lowest BCUT2D eigenvalue weighted by Gasteiger charge is -2.52. The van der Waals surface area contributed by atoms with E-state index in [9.17, 15) is 14.4 Å². The molecule has 224 valence electrons. The van der Waals surface area contributed by atoms with Crippen LogP contribution in [0.1, 0.15) is 86.6 Å². The number of aryl methyl sites for hydroxylation is 1. The van der Waals surface area contributed by atoms with E-state index in [4.69, 9.17) is 10.2 Å². The second-order valence-electron chi connectivity index (χ2n) is 12.2. The van der Waals surface area contributed by atoms with Crippen LogP contribution >= 0.6 is 0 Å². The first-order valence-corrected chi connectivity index (χ1v) is 15.2. The number of benzene rings is 1. The van der Waals surface area contributed by atoms with Crippen LogP contribution < -0.4 is 5.32 Å². The molecule has 2 N–H and O–H groups in total. The highest BCUT2D eigenvalue weighted by Gasteiger charge is 2.52. The number of aliphatic hydroxyl groups excluding tert-OH is 1. The van der Waals surface area contributed by atoms with Crippen molar-refractivity contribution in [3.05, 3.63) is 46.8 Å². The summed E-state index contributed by atoms with van der Waals surface area (Å²) in [4.78, 5) is 43.8. The number of carbonyl (C=O) groups excluding carboxylic acids is 3. The zero-order chi connectivity index (χ0) is 29.7. The summed E-state index contributed by atoms with van der Waals surface area (Å²) in [5, 5.41) is 16.4. The number of nitrogens with one attached hydrogen (secondary N) is 1. The largest absolute Gasteiger partial charge is 0.395 e. The second kappa shape index (κ2) is 13.3. The predicted molar refractivity (Wildman–Crippen MR) is 159 cm³/mol. The quantitative estimate of drug-likeness (QED) is 0.429. The van der Waals surface area contributed by atoms with Crippen molar-refractivity contribution < 1.29 is 19.5 Å². The Kier molecular flexibility index (Phi) is 10.0. The van der Waals surface area contributed by atoms with Crippen LogP contribution in [-0.4, -0.2) is 80.6 Å². The van der Waals surface area contributed by atoms with Crippen molar-refractivity contribution in [2.24, 2.45) is 11.8 Å². The Morgan fingerprint density at radius 3 is 2.44 bits per heavy atom. The van der Waals surface area contributed by atoms with Crippen molar-refractivity contribution in [2.45, 2.75) is 85.2 Å². The maximum Gasteiger partial charge on any atom is 0.251 e. The molecule has 0 bridgehead atoms. The summed E-state index contributed by atoms with van der Waals surface area (Å²) >= 11 is 0. The van der Waals surface area contributed by atoms with Gasteiger partial charge in [-0.1, -0.05) is 27.2 Å². The van der Waals surface area contributed by atoms with Gasteiger partial charge in [0.25, 0.3) is 5.91 Å². The van der Waals surface area contributed by atoms with Gasteiger partial charge < -0.3 is 15.3 Å². The molecule has 0 radical (unpaired) electrons. The topological polar surface area (TPSA) is 108 Å². The lowest BCUT2D eigenvalue weighted by molar-refractivity contribution is -0.162. The van der Waals surface area contributed by atoms with Crippen LogP contribution in [0.25, 0.3) is 5.69 Å². The van der Waals surface area contributed by atoms with Gasteiger partial charge in [-0.3, -0.25) is 19.3 Å².